The first-order valence-electron chi connectivity index (χ1n) is 4.18. The molecule has 80 valence electrons. The number of nitrogens with zero attached hydrogens (tertiary/aromatic N) is 1. The Labute approximate surface area is 99.6 Å². The van der Waals surface area contributed by atoms with Crippen LogP contribution in [0.15, 0.2) is 14.7 Å². The van der Waals surface area contributed by atoms with Gasteiger partial charge in [0.1, 0.15) is 5.04 Å². The lowest BCUT2D eigenvalue weighted by molar-refractivity contribution is 0.250. The summed E-state index contributed by atoms with van der Waals surface area (Å²) in [5, 5.41) is 9.89. The Hall–Kier alpha value is -0.0100. The van der Waals surface area contributed by atoms with Gasteiger partial charge < -0.3 is 4.74 Å². The molecule has 0 aromatic carbocycles. The lowest BCUT2D eigenvalue weighted by atomic mass is 10.5. The monoisotopic (exact) mass is 326 g/mol. The molecule has 0 heterocycles. The Bertz CT molecular complexity index is 239. The topological polar surface area (TPSA) is 45.4 Å². The first-order valence-corrected chi connectivity index (χ1v) is 7.27. The van der Waals surface area contributed by atoms with E-state index in [1.807, 2.05) is 15.5 Å². The van der Waals surface area contributed by atoms with E-state index in [1.54, 1.807) is 13.3 Å². The van der Waals surface area contributed by atoms with Gasteiger partial charge in [-0.1, -0.05) is 24.8 Å². The highest BCUT2D eigenvalue weighted by Crippen LogP contribution is 2.04. The molecule has 0 spiro atoms. The van der Waals surface area contributed by atoms with Crippen LogP contribution in [0.4, 0.5) is 0 Å². The molecule has 1 N–H and O–H groups in total. The standard InChI is InChI=1S/C9H15IN2OS/c1-3-4-7-14-9(11)8-12-10-5-6-13-2/h4-5,7-8,11H,3,6H2,1-2H3/b7-4+,11-9?,12-8?. The number of thioether (sulfide) groups is 1. The molecule has 0 fully saturated rings. The number of nitrogens with one attached hydrogen (secondary N) is 1. The van der Waals surface area contributed by atoms with Crippen LogP contribution >= 0.6 is 32.8 Å². The largest absolute Gasteiger partial charge is 0.380 e. The summed E-state index contributed by atoms with van der Waals surface area (Å²) in [7, 11) is 1.66. The smallest absolute Gasteiger partial charge is 0.110 e. The fraction of sp³-hybridized carbons (Fsp3) is 0.444. The number of allylic oxidation sites excluding steroid dienone is 1. The second kappa shape index (κ2) is 11.1. The van der Waals surface area contributed by atoms with E-state index in [9.17, 15) is 0 Å². The van der Waals surface area contributed by atoms with Gasteiger partial charge in [0.15, 0.2) is 0 Å². The molecule has 0 aromatic heterocycles. The molecule has 0 radical (unpaired) electrons. The molecular weight excluding hydrogens is 311 g/mol. The lowest BCUT2D eigenvalue weighted by Gasteiger charge is -1.88. The molecule has 0 amide bonds. The summed E-state index contributed by atoms with van der Waals surface area (Å²) in [4.78, 5) is 0. The van der Waals surface area contributed by atoms with Crippen molar-refractivity contribution in [3.8, 4) is 0 Å². The van der Waals surface area contributed by atoms with E-state index in [-0.39, 0.29) is 21.0 Å². The highest BCUT2D eigenvalue weighted by molar-refractivity contribution is 14.2. The van der Waals surface area contributed by atoms with Gasteiger partial charge in [0.05, 0.1) is 12.8 Å². The van der Waals surface area contributed by atoms with Gasteiger partial charge in [-0.3, -0.25) is 5.41 Å². The van der Waals surface area contributed by atoms with Gasteiger partial charge in [0, 0.05) is 28.1 Å². The zero-order chi connectivity index (χ0) is 10.6. The normalized spacial score (nSPS) is 12.7. The van der Waals surface area contributed by atoms with Crippen molar-refractivity contribution in [2.45, 2.75) is 13.3 Å². The minimum absolute atomic E-state index is 0.294. The van der Waals surface area contributed by atoms with Gasteiger partial charge >= 0.3 is 0 Å². The molecule has 0 atom stereocenters. The summed E-state index contributed by atoms with van der Waals surface area (Å²) in [6.07, 6.45) is 4.65. The van der Waals surface area contributed by atoms with Crippen molar-refractivity contribution in [2.24, 2.45) is 3.21 Å². The summed E-state index contributed by atoms with van der Waals surface area (Å²) in [5.74, 6) is 0. The van der Waals surface area contributed by atoms with Crippen LogP contribution in [0.3, 0.4) is 0 Å². The summed E-state index contributed by atoms with van der Waals surface area (Å²) in [6.45, 7) is 2.72. The van der Waals surface area contributed by atoms with Gasteiger partial charge in [-0.05, 0) is 15.8 Å². The van der Waals surface area contributed by atoms with E-state index in [0.717, 1.165) is 6.42 Å². The Morgan fingerprint density at radius 3 is 3.07 bits per heavy atom. The van der Waals surface area contributed by atoms with Gasteiger partial charge in [-0.2, -0.15) is 0 Å². The molecule has 0 unspecified atom stereocenters. The molecule has 14 heavy (non-hydrogen) atoms. The molecule has 3 nitrogen and oxygen atoms in total. The summed E-state index contributed by atoms with van der Waals surface area (Å²) in [6, 6.07) is 0. The maximum absolute atomic E-state index is 7.48. The average molecular weight is 326 g/mol. The lowest BCUT2D eigenvalue weighted by Crippen LogP contribution is -1.87. The number of halogens is 1. The van der Waals surface area contributed by atoms with Crippen LogP contribution in [-0.4, -0.2) is 29.0 Å². The molecular formula is C9H15IN2OS. The molecule has 0 aliphatic carbocycles. The van der Waals surface area contributed by atoms with Gasteiger partial charge in [0.2, 0.25) is 0 Å². The summed E-state index contributed by atoms with van der Waals surface area (Å²) in [5.41, 5.74) is 0. The molecule has 0 aliphatic rings. The maximum atomic E-state index is 7.48. The SMILES string of the molecule is CC/C=C/SC(=N)C=NI=CCOC. The fourth-order valence-electron chi connectivity index (χ4n) is 0.452. The molecule has 0 bridgehead atoms. The third-order valence-corrected chi connectivity index (χ3v) is 3.09. The molecule has 0 saturated heterocycles. The Balaban J connectivity index is 3.65. The van der Waals surface area contributed by atoms with Gasteiger partial charge in [0.25, 0.3) is 0 Å². The molecule has 5 heteroatoms. The Morgan fingerprint density at radius 1 is 1.64 bits per heavy atom. The van der Waals surface area contributed by atoms with Crippen molar-refractivity contribution in [1.29, 1.82) is 5.41 Å². The Kier molecular flexibility index (Phi) is 11.1. The van der Waals surface area contributed by atoms with E-state index >= 15 is 0 Å². The fourth-order valence-corrected chi connectivity index (χ4v) is 2.38. The predicted octanol–water partition coefficient (Wildman–Crippen LogP) is 3.03. The van der Waals surface area contributed by atoms with E-state index in [1.165, 1.54) is 11.8 Å². The van der Waals surface area contributed by atoms with Crippen molar-refractivity contribution in [3.05, 3.63) is 11.5 Å². The number of rotatable bonds is 6. The van der Waals surface area contributed by atoms with Crippen molar-refractivity contribution < 1.29 is 4.74 Å². The second-order valence-corrected chi connectivity index (χ2v) is 5.14. The minimum atomic E-state index is -0.294. The van der Waals surface area contributed by atoms with Crippen LogP contribution in [0.25, 0.3) is 0 Å². The van der Waals surface area contributed by atoms with E-state index in [0.29, 0.717) is 11.7 Å². The van der Waals surface area contributed by atoms with Crippen LogP contribution in [-0.2, 0) is 4.74 Å². The molecule has 0 aliphatic heterocycles. The summed E-state index contributed by atoms with van der Waals surface area (Å²) >= 11 is 1.10. The van der Waals surface area contributed by atoms with Crippen molar-refractivity contribution >= 4 is 48.0 Å². The van der Waals surface area contributed by atoms with Gasteiger partial charge in [-0.15, -0.1) is 0 Å². The van der Waals surface area contributed by atoms with Crippen molar-refractivity contribution in [3.63, 3.8) is 0 Å². The first-order chi connectivity index (χ1) is 6.81. The Morgan fingerprint density at radius 2 is 2.43 bits per heavy atom. The minimum Gasteiger partial charge on any atom is -0.380 e. The van der Waals surface area contributed by atoms with E-state index < -0.39 is 0 Å². The predicted molar refractivity (Wildman–Crippen MR) is 75.2 cm³/mol. The number of hydrogen-bond acceptors (Lipinski definition) is 4. The number of hydrogen-bond donors (Lipinski definition) is 1. The molecule has 0 saturated carbocycles. The highest BCUT2D eigenvalue weighted by atomic mass is 127. The third kappa shape index (κ3) is 10.1. The molecule has 0 rings (SSSR count). The zero-order valence-electron chi connectivity index (χ0n) is 8.37. The van der Waals surface area contributed by atoms with Crippen molar-refractivity contribution in [2.75, 3.05) is 13.7 Å². The summed E-state index contributed by atoms with van der Waals surface area (Å²) < 4.78 is 11.0. The number of methoxy groups -OCH3 is 1. The third-order valence-electron chi connectivity index (χ3n) is 1.05. The average Bonchev–Trinajstić information content (AvgIpc) is 2.18. The van der Waals surface area contributed by atoms with E-state index in [2.05, 4.69) is 10.1 Å². The number of ether oxygens (including phenoxy) is 1. The quantitative estimate of drug-likeness (QED) is 0.463. The van der Waals surface area contributed by atoms with Crippen LogP contribution in [0.5, 0.6) is 0 Å². The van der Waals surface area contributed by atoms with Crippen LogP contribution in [0.2, 0.25) is 0 Å². The second-order valence-electron chi connectivity index (χ2n) is 2.20. The van der Waals surface area contributed by atoms with Gasteiger partial charge in [-0.25, -0.2) is 3.21 Å². The van der Waals surface area contributed by atoms with Crippen LogP contribution < -0.4 is 0 Å². The molecule has 0 aromatic rings. The van der Waals surface area contributed by atoms with Crippen molar-refractivity contribution in [1.82, 2.24) is 0 Å². The van der Waals surface area contributed by atoms with Crippen LogP contribution in [0.1, 0.15) is 13.3 Å². The van der Waals surface area contributed by atoms with Crippen LogP contribution in [0, 0.1) is 5.41 Å². The first kappa shape index (κ1) is 14.0. The zero-order valence-corrected chi connectivity index (χ0v) is 11.3. The van der Waals surface area contributed by atoms with E-state index in [4.69, 9.17) is 10.1 Å². The maximum Gasteiger partial charge on any atom is 0.110 e. The highest BCUT2D eigenvalue weighted by Gasteiger charge is 1.86.